The molecule has 4 heteroatoms. The summed E-state index contributed by atoms with van der Waals surface area (Å²) in [6.07, 6.45) is 5.03. The van der Waals surface area contributed by atoms with Gasteiger partial charge in [0.1, 0.15) is 4.83 Å². The minimum Gasteiger partial charge on any atom is -0.282 e. The normalized spacial score (nSPS) is 11.6. The first-order valence-electron chi connectivity index (χ1n) is 6.33. The molecule has 0 saturated heterocycles. The Morgan fingerprint density at radius 3 is 2.83 bits per heavy atom. The van der Waals surface area contributed by atoms with Crippen molar-refractivity contribution in [1.29, 1.82) is 0 Å². The average Bonchev–Trinajstić information content (AvgIpc) is 2.89. The molecule has 0 aliphatic carbocycles. The Balaban J connectivity index is 2.13. The third kappa shape index (κ3) is 2.02. The molecular weight excluding hydrogens is 278 g/mol. The maximum Gasteiger partial charge on any atom is 0.167 e. The topological polar surface area (TPSA) is 4.41 Å². The van der Waals surface area contributed by atoms with Crippen molar-refractivity contribution in [3.63, 3.8) is 0 Å². The highest BCUT2D eigenvalue weighted by Crippen LogP contribution is 2.33. The zero-order valence-electron chi connectivity index (χ0n) is 10.3. The maximum absolute atomic E-state index is 5.52. The van der Waals surface area contributed by atoms with Crippen LogP contribution in [0.5, 0.6) is 0 Å². The van der Waals surface area contributed by atoms with E-state index in [1.807, 2.05) is 11.3 Å². The van der Waals surface area contributed by atoms with Gasteiger partial charge in [0, 0.05) is 4.88 Å². The lowest BCUT2D eigenvalue weighted by atomic mass is 10.2. The minimum atomic E-state index is 0.994. The van der Waals surface area contributed by atoms with Crippen molar-refractivity contribution in [3.05, 3.63) is 33.1 Å². The Morgan fingerprint density at radius 1 is 1.17 bits per heavy atom. The van der Waals surface area contributed by atoms with Gasteiger partial charge in [-0.1, -0.05) is 31.9 Å². The van der Waals surface area contributed by atoms with Crippen molar-refractivity contribution < 1.29 is 0 Å². The number of hydrogen-bond donors (Lipinski definition) is 0. The fourth-order valence-electron chi connectivity index (χ4n) is 2.24. The second-order valence-electron chi connectivity index (χ2n) is 4.46. The maximum atomic E-state index is 5.52. The number of aryl methyl sites for hydroxylation is 1. The Hall–Kier alpha value is -0.710. The van der Waals surface area contributed by atoms with Gasteiger partial charge >= 0.3 is 0 Å². The summed E-state index contributed by atoms with van der Waals surface area (Å²) in [5.74, 6) is 0. The monoisotopic (exact) mass is 293 g/mol. The van der Waals surface area contributed by atoms with Gasteiger partial charge in [-0.25, -0.2) is 0 Å². The summed E-state index contributed by atoms with van der Waals surface area (Å²) in [4.78, 5) is 2.83. The Labute approximate surface area is 120 Å². The van der Waals surface area contributed by atoms with Gasteiger partial charge in [0.05, 0.1) is 10.2 Å². The number of hydrogen-bond acceptors (Lipinski definition) is 3. The van der Waals surface area contributed by atoms with E-state index in [0.29, 0.717) is 0 Å². The minimum absolute atomic E-state index is 0.994. The molecule has 0 N–H and O–H groups in total. The van der Waals surface area contributed by atoms with Crippen molar-refractivity contribution in [1.82, 2.24) is 4.40 Å². The molecule has 3 rings (SSSR count). The lowest BCUT2D eigenvalue weighted by molar-refractivity contribution is 0.724. The quantitative estimate of drug-likeness (QED) is 0.442. The molecule has 0 radical (unpaired) electrons. The van der Waals surface area contributed by atoms with Crippen molar-refractivity contribution in [2.75, 3.05) is 0 Å². The molecule has 2 aromatic heterocycles. The summed E-state index contributed by atoms with van der Waals surface area (Å²) >= 11 is 9.18. The van der Waals surface area contributed by atoms with E-state index < -0.39 is 0 Å². The first-order chi connectivity index (χ1) is 8.81. The first-order valence-corrected chi connectivity index (χ1v) is 8.37. The van der Waals surface area contributed by atoms with Gasteiger partial charge in [-0.3, -0.25) is 4.40 Å². The lowest BCUT2D eigenvalue weighted by Gasteiger charge is -1.94. The first kappa shape index (κ1) is 12.3. The van der Waals surface area contributed by atoms with Crippen LogP contribution in [0.25, 0.3) is 15.0 Å². The van der Waals surface area contributed by atoms with E-state index in [-0.39, 0.29) is 0 Å². The molecule has 18 heavy (non-hydrogen) atoms. The number of unbranched alkanes of at least 4 members (excludes halogenated alkanes) is 2. The van der Waals surface area contributed by atoms with Crippen LogP contribution < -0.4 is 0 Å². The summed E-state index contributed by atoms with van der Waals surface area (Å²) in [5.41, 5.74) is 1.26. The molecule has 2 heterocycles. The van der Waals surface area contributed by atoms with Crippen molar-refractivity contribution in [2.45, 2.75) is 32.6 Å². The van der Waals surface area contributed by atoms with E-state index in [9.17, 15) is 0 Å². The van der Waals surface area contributed by atoms with E-state index in [1.165, 1.54) is 45.6 Å². The van der Waals surface area contributed by atoms with Crippen molar-refractivity contribution in [3.8, 4) is 0 Å². The number of benzene rings is 1. The van der Waals surface area contributed by atoms with Crippen LogP contribution in [0, 0.1) is 3.95 Å². The van der Waals surface area contributed by atoms with E-state index in [1.54, 1.807) is 11.3 Å². The van der Waals surface area contributed by atoms with E-state index in [2.05, 4.69) is 35.6 Å². The van der Waals surface area contributed by atoms with Crippen LogP contribution in [0.3, 0.4) is 0 Å². The van der Waals surface area contributed by atoms with Gasteiger partial charge in [-0.05, 0) is 37.2 Å². The largest absolute Gasteiger partial charge is 0.282 e. The molecule has 94 valence electrons. The molecule has 0 bridgehead atoms. The molecular formula is C14H15NS3. The van der Waals surface area contributed by atoms with Crippen LogP contribution >= 0.6 is 34.9 Å². The number of nitrogens with zero attached hydrogens (tertiary/aromatic N) is 1. The molecule has 0 saturated carbocycles. The van der Waals surface area contributed by atoms with Crippen molar-refractivity contribution in [2.24, 2.45) is 0 Å². The smallest absolute Gasteiger partial charge is 0.167 e. The Morgan fingerprint density at radius 2 is 2.00 bits per heavy atom. The lowest BCUT2D eigenvalue weighted by Crippen LogP contribution is -1.82. The number of fused-ring (bicyclic) bond motifs is 3. The number of thiazole rings is 2. The van der Waals surface area contributed by atoms with Crippen LogP contribution in [0.4, 0.5) is 0 Å². The molecule has 0 spiro atoms. The highest BCUT2D eigenvalue weighted by Gasteiger charge is 2.11. The second-order valence-corrected chi connectivity index (χ2v) is 7.22. The summed E-state index contributed by atoms with van der Waals surface area (Å²) in [6, 6.07) is 8.53. The fourth-order valence-corrected chi connectivity index (χ4v) is 5.13. The van der Waals surface area contributed by atoms with Crippen LogP contribution in [0.1, 0.15) is 31.1 Å². The van der Waals surface area contributed by atoms with Crippen LogP contribution in [0.2, 0.25) is 0 Å². The molecule has 0 atom stereocenters. The highest BCUT2D eigenvalue weighted by atomic mass is 32.1. The van der Waals surface area contributed by atoms with Gasteiger partial charge in [-0.15, -0.1) is 22.7 Å². The molecule has 1 nitrogen and oxygen atoms in total. The average molecular weight is 293 g/mol. The predicted molar refractivity (Wildman–Crippen MR) is 84.7 cm³/mol. The van der Waals surface area contributed by atoms with Gasteiger partial charge in [0.15, 0.2) is 3.95 Å². The highest BCUT2D eigenvalue weighted by molar-refractivity contribution is 7.73. The molecule has 0 aliphatic rings. The van der Waals surface area contributed by atoms with Gasteiger partial charge in [0.2, 0.25) is 0 Å². The summed E-state index contributed by atoms with van der Waals surface area (Å²) in [5, 5.41) is 0. The standard InChI is InChI=1S/C14H15NS3/c1-2-3-4-9-12-13-15(14(16)18-12)10-7-5-6-8-11(10)17-13/h5-8H,2-4,9H2,1H3. The molecule has 0 amide bonds. The van der Waals surface area contributed by atoms with Gasteiger partial charge in [-0.2, -0.15) is 0 Å². The zero-order chi connectivity index (χ0) is 12.5. The third-order valence-corrected chi connectivity index (χ3v) is 5.91. The second kappa shape index (κ2) is 5.11. The number of rotatable bonds is 4. The summed E-state index contributed by atoms with van der Waals surface area (Å²) < 4.78 is 4.58. The summed E-state index contributed by atoms with van der Waals surface area (Å²) in [6.45, 7) is 2.25. The molecule has 0 aliphatic heterocycles. The van der Waals surface area contributed by atoms with Crippen LogP contribution in [-0.4, -0.2) is 4.40 Å². The van der Waals surface area contributed by atoms with Crippen LogP contribution in [-0.2, 0) is 6.42 Å². The fraction of sp³-hybridized carbons (Fsp3) is 0.357. The zero-order valence-corrected chi connectivity index (χ0v) is 12.8. The van der Waals surface area contributed by atoms with E-state index in [4.69, 9.17) is 12.2 Å². The van der Waals surface area contributed by atoms with Crippen molar-refractivity contribution >= 4 is 49.9 Å². The predicted octanol–water partition coefficient (Wildman–Crippen LogP) is 5.68. The molecule has 3 aromatic rings. The number of para-hydroxylation sites is 1. The molecule has 1 aromatic carbocycles. The summed E-state index contributed by atoms with van der Waals surface area (Å²) in [7, 11) is 0. The van der Waals surface area contributed by atoms with E-state index in [0.717, 1.165) is 3.95 Å². The van der Waals surface area contributed by atoms with Gasteiger partial charge in [0.25, 0.3) is 0 Å². The van der Waals surface area contributed by atoms with Crippen LogP contribution in [0.15, 0.2) is 24.3 Å². The number of aromatic nitrogens is 1. The molecule has 0 fully saturated rings. The Kier molecular flexibility index (Phi) is 3.50. The molecule has 0 unspecified atom stereocenters. The van der Waals surface area contributed by atoms with E-state index >= 15 is 0 Å². The SMILES string of the molecule is CCCCCc1sc(=S)n2c1sc1ccccc12. The Bertz CT molecular complexity index is 732. The van der Waals surface area contributed by atoms with Gasteiger partial charge < -0.3 is 0 Å². The third-order valence-electron chi connectivity index (χ3n) is 3.15.